The van der Waals surface area contributed by atoms with Crippen LogP contribution >= 0.6 is 0 Å². The highest BCUT2D eigenvalue weighted by atomic mass is 32.2. The van der Waals surface area contributed by atoms with Gasteiger partial charge >= 0.3 is 22.3 Å². The van der Waals surface area contributed by atoms with Gasteiger partial charge in [-0.1, -0.05) is 12.1 Å². The largest absolute Gasteiger partial charge is 0.481 e. The van der Waals surface area contributed by atoms with Crippen LogP contribution in [0.5, 0.6) is 5.75 Å². The lowest BCUT2D eigenvalue weighted by Crippen LogP contribution is -2.31. The number of primary amides is 1. The number of carboxylic acid groups (broad SMARTS) is 1. The van der Waals surface area contributed by atoms with E-state index in [1.165, 1.54) is 37.3 Å². The summed E-state index contributed by atoms with van der Waals surface area (Å²) in [6.45, 7) is 1.52. The fraction of sp³-hybridized carbons (Fsp3) is 0.125. The lowest BCUT2D eigenvalue weighted by atomic mass is 10.0. The molecule has 5 N–H and O–H groups in total. The van der Waals surface area contributed by atoms with Crippen LogP contribution in [0.25, 0.3) is 0 Å². The third-order valence-electron chi connectivity index (χ3n) is 3.53. The SMILES string of the molecule is CC(C(=O)O)c1cccc(N(C(N)=O)c2ccc(OS(N)(=O)=O)cc2)c1. The number of rotatable bonds is 6. The van der Waals surface area contributed by atoms with Crippen molar-refractivity contribution in [3.8, 4) is 5.75 Å². The molecule has 1 atom stereocenters. The van der Waals surface area contributed by atoms with Crippen molar-refractivity contribution in [3.63, 3.8) is 0 Å². The first-order chi connectivity index (χ1) is 12.1. The molecule has 0 saturated heterocycles. The zero-order valence-corrected chi connectivity index (χ0v) is 14.5. The molecule has 0 radical (unpaired) electrons. The molecule has 0 aliphatic heterocycles. The van der Waals surface area contributed by atoms with Gasteiger partial charge in [-0.25, -0.2) is 4.79 Å². The van der Waals surface area contributed by atoms with Gasteiger partial charge in [-0.3, -0.25) is 9.69 Å². The molecule has 9 nitrogen and oxygen atoms in total. The number of carboxylic acids is 1. The van der Waals surface area contributed by atoms with Crippen LogP contribution < -0.4 is 20.0 Å². The van der Waals surface area contributed by atoms with Gasteiger partial charge in [-0.15, -0.1) is 0 Å². The Bertz CT molecular complexity index is 927. The molecule has 10 heteroatoms. The minimum atomic E-state index is -4.16. The van der Waals surface area contributed by atoms with Gasteiger partial charge in [-0.2, -0.15) is 13.6 Å². The Morgan fingerprint density at radius 2 is 1.73 bits per heavy atom. The smallest absolute Gasteiger partial charge is 0.380 e. The number of aliphatic carboxylic acids is 1. The van der Waals surface area contributed by atoms with Crippen molar-refractivity contribution in [2.45, 2.75) is 12.8 Å². The van der Waals surface area contributed by atoms with E-state index in [0.717, 1.165) is 4.90 Å². The van der Waals surface area contributed by atoms with E-state index in [2.05, 4.69) is 4.18 Å². The monoisotopic (exact) mass is 379 g/mol. The first kappa shape index (κ1) is 19.2. The Kier molecular flexibility index (Phi) is 5.48. The van der Waals surface area contributed by atoms with E-state index in [1.54, 1.807) is 18.2 Å². The fourth-order valence-electron chi connectivity index (χ4n) is 2.26. The van der Waals surface area contributed by atoms with Crippen molar-refractivity contribution < 1.29 is 27.3 Å². The second-order valence-corrected chi connectivity index (χ2v) is 6.55. The number of carbonyl (C=O) groups excluding carboxylic acids is 1. The Morgan fingerprint density at radius 1 is 1.12 bits per heavy atom. The highest BCUT2D eigenvalue weighted by Gasteiger charge is 2.19. The van der Waals surface area contributed by atoms with Crippen LogP contribution in [0, 0.1) is 0 Å². The zero-order valence-electron chi connectivity index (χ0n) is 13.7. The number of benzene rings is 2. The topological polar surface area (TPSA) is 153 Å². The van der Waals surface area contributed by atoms with Gasteiger partial charge in [-0.05, 0) is 48.9 Å². The Balaban J connectivity index is 2.39. The van der Waals surface area contributed by atoms with Gasteiger partial charge in [0.2, 0.25) is 0 Å². The first-order valence-corrected chi connectivity index (χ1v) is 8.80. The number of carbonyl (C=O) groups is 2. The van der Waals surface area contributed by atoms with Gasteiger partial charge in [0.05, 0.1) is 17.3 Å². The summed E-state index contributed by atoms with van der Waals surface area (Å²) in [6.07, 6.45) is 0. The second-order valence-electron chi connectivity index (χ2n) is 5.40. The predicted octanol–water partition coefficient (Wildman–Crippen LogP) is 1.67. The summed E-state index contributed by atoms with van der Waals surface area (Å²) in [5, 5.41) is 13.9. The van der Waals surface area contributed by atoms with Crippen LogP contribution in [-0.4, -0.2) is 25.5 Å². The average Bonchev–Trinajstić information content (AvgIpc) is 2.54. The normalized spacial score (nSPS) is 12.2. The Labute approximate surface area is 150 Å². The molecule has 2 rings (SSSR count). The number of anilines is 2. The van der Waals surface area contributed by atoms with Crippen molar-refractivity contribution in [2.24, 2.45) is 10.9 Å². The highest BCUT2D eigenvalue weighted by Crippen LogP contribution is 2.29. The Morgan fingerprint density at radius 3 is 2.23 bits per heavy atom. The molecule has 0 aliphatic carbocycles. The molecule has 0 aliphatic rings. The quantitative estimate of drug-likeness (QED) is 0.694. The molecule has 0 bridgehead atoms. The molecule has 2 amide bonds. The van der Waals surface area contributed by atoms with Crippen molar-refractivity contribution >= 4 is 33.7 Å². The van der Waals surface area contributed by atoms with Crippen LogP contribution in [0.4, 0.5) is 16.2 Å². The number of hydrogen-bond donors (Lipinski definition) is 3. The summed E-state index contributed by atoms with van der Waals surface area (Å²) >= 11 is 0. The first-order valence-electron chi connectivity index (χ1n) is 7.33. The average molecular weight is 379 g/mol. The molecule has 0 heterocycles. The van der Waals surface area contributed by atoms with E-state index in [9.17, 15) is 18.0 Å². The van der Waals surface area contributed by atoms with E-state index >= 15 is 0 Å². The van der Waals surface area contributed by atoms with E-state index in [-0.39, 0.29) is 5.75 Å². The maximum absolute atomic E-state index is 11.9. The molecule has 0 fully saturated rings. The highest BCUT2D eigenvalue weighted by molar-refractivity contribution is 7.84. The van der Waals surface area contributed by atoms with Gasteiger partial charge in [0.15, 0.2) is 0 Å². The molecule has 0 saturated carbocycles. The fourth-order valence-corrected chi connectivity index (χ4v) is 2.64. The summed E-state index contributed by atoms with van der Waals surface area (Å²) in [4.78, 5) is 24.2. The summed E-state index contributed by atoms with van der Waals surface area (Å²) < 4.78 is 26.4. The molecule has 26 heavy (non-hydrogen) atoms. The zero-order chi connectivity index (χ0) is 19.5. The summed E-state index contributed by atoms with van der Waals surface area (Å²) in [5.74, 6) is -1.80. The maximum atomic E-state index is 11.9. The van der Waals surface area contributed by atoms with Crippen molar-refractivity contribution in [1.29, 1.82) is 0 Å². The Hall–Kier alpha value is -3.11. The molecule has 0 spiro atoms. The van der Waals surface area contributed by atoms with E-state index in [0.29, 0.717) is 16.9 Å². The van der Waals surface area contributed by atoms with E-state index in [4.69, 9.17) is 16.0 Å². The van der Waals surface area contributed by atoms with E-state index < -0.39 is 28.2 Å². The van der Waals surface area contributed by atoms with Gasteiger partial charge in [0, 0.05) is 0 Å². The van der Waals surface area contributed by atoms with Gasteiger partial charge in [0.1, 0.15) is 5.75 Å². The molecule has 138 valence electrons. The minimum absolute atomic E-state index is 0.0334. The van der Waals surface area contributed by atoms with Crippen molar-refractivity contribution in [1.82, 2.24) is 0 Å². The lowest BCUT2D eigenvalue weighted by molar-refractivity contribution is -0.138. The van der Waals surface area contributed by atoms with Crippen molar-refractivity contribution in [3.05, 3.63) is 54.1 Å². The van der Waals surface area contributed by atoms with Crippen LogP contribution in [0.1, 0.15) is 18.4 Å². The molecular formula is C16H17N3O6S. The molecule has 2 aromatic carbocycles. The lowest BCUT2D eigenvalue weighted by Gasteiger charge is -2.22. The third-order valence-corrected chi connectivity index (χ3v) is 3.95. The number of amides is 2. The van der Waals surface area contributed by atoms with Crippen LogP contribution in [0.3, 0.4) is 0 Å². The predicted molar refractivity (Wildman–Crippen MR) is 94.4 cm³/mol. The van der Waals surface area contributed by atoms with Gasteiger partial charge < -0.3 is 15.0 Å². The number of nitrogens with zero attached hydrogens (tertiary/aromatic N) is 1. The minimum Gasteiger partial charge on any atom is -0.481 e. The third kappa shape index (κ3) is 4.71. The van der Waals surface area contributed by atoms with Crippen molar-refractivity contribution in [2.75, 3.05) is 4.90 Å². The van der Waals surface area contributed by atoms with Crippen LogP contribution in [-0.2, 0) is 15.1 Å². The van der Waals surface area contributed by atoms with Gasteiger partial charge in [0.25, 0.3) is 0 Å². The number of urea groups is 1. The summed E-state index contributed by atoms with van der Waals surface area (Å²) in [7, 11) is -4.16. The van der Waals surface area contributed by atoms with Crippen LogP contribution in [0.15, 0.2) is 48.5 Å². The van der Waals surface area contributed by atoms with E-state index in [1.807, 2.05) is 0 Å². The summed E-state index contributed by atoms with van der Waals surface area (Å²) in [6, 6.07) is 11.0. The van der Waals surface area contributed by atoms with Crippen LogP contribution in [0.2, 0.25) is 0 Å². The molecule has 0 aromatic heterocycles. The number of hydrogen-bond acceptors (Lipinski definition) is 5. The standard InChI is InChI=1S/C16H17N3O6S/c1-10(15(20)21)11-3-2-4-13(9-11)19(16(17)22)12-5-7-14(8-6-12)25-26(18,23)24/h2-10H,1H3,(H2,17,22)(H,20,21)(H2,18,23,24). The molecular weight excluding hydrogens is 362 g/mol. The molecule has 2 aromatic rings. The second kappa shape index (κ2) is 7.42. The summed E-state index contributed by atoms with van der Waals surface area (Å²) in [5.41, 5.74) is 6.64. The molecule has 1 unspecified atom stereocenters. The number of nitrogens with two attached hydrogens (primary N) is 2. The maximum Gasteiger partial charge on any atom is 0.380 e.